The van der Waals surface area contributed by atoms with E-state index >= 15 is 0 Å². The first kappa shape index (κ1) is 21.8. The van der Waals surface area contributed by atoms with Crippen LogP contribution in [0.15, 0.2) is 48.5 Å². The summed E-state index contributed by atoms with van der Waals surface area (Å²) in [7, 11) is -2.05. The molecule has 7 heteroatoms. The van der Waals surface area contributed by atoms with Gasteiger partial charge >= 0.3 is 0 Å². The lowest BCUT2D eigenvalue weighted by Gasteiger charge is -2.31. The monoisotopic (exact) mass is 404 g/mol. The van der Waals surface area contributed by atoms with Gasteiger partial charge in [0.05, 0.1) is 25.1 Å². The lowest BCUT2D eigenvalue weighted by molar-refractivity contribution is -0.122. The molecular weight excluding hydrogens is 376 g/mol. The highest BCUT2D eigenvalue weighted by molar-refractivity contribution is 7.92. The van der Waals surface area contributed by atoms with Gasteiger partial charge in [0.15, 0.2) is 0 Å². The second kappa shape index (κ2) is 9.10. The van der Waals surface area contributed by atoms with E-state index in [-0.39, 0.29) is 11.9 Å². The minimum atomic E-state index is -3.64. The fourth-order valence-electron chi connectivity index (χ4n) is 3.04. The number of rotatable bonds is 8. The average molecular weight is 405 g/mol. The largest absolute Gasteiger partial charge is 0.497 e. The predicted octanol–water partition coefficient (Wildman–Crippen LogP) is 3.43. The average Bonchev–Trinajstić information content (AvgIpc) is 2.66. The van der Waals surface area contributed by atoms with E-state index in [2.05, 4.69) is 5.32 Å². The third-order valence-electron chi connectivity index (χ3n) is 4.59. The Kier molecular flexibility index (Phi) is 7.07. The molecule has 28 heavy (non-hydrogen) atoms. The first-order chi connectivity index (χ1) is 13.2. The Balaban J connectivity index is 2.26. The van der Waals surface area contributed by atoms with Crippen LogP contribution in [0.25, 0.3) is 0 Å². The molecule has 0 aliphatic heterocycles. The molecule has 0 radical (unpaired) electrons. The predicted molar refractivity (Wildman–Crippen MR) is 112 cm³/mol. The molecule has 152 valence electrons. The topological polar surface area (TPSA) is 75.7 Å². The molecule has 2 aromatic rings. The molecule has 0 saturated heterocycles. The Bertz CT molecular complexity index is 893. The molecule has 0 aliphatic carbocycles. The fourth-order valence-corrected chi connectivity index (χ4v) is 4.25. The summed E-state index contributed by atoms with van der Waals surface area (Å²) in [6.07, 6.45) is 1.47. The second-order valence-electron chi connectivity index (χ2n) is 6.82. The highest BCUT2D eigenvalue weighted by atomic mass is 32.2. The zero-order valence-corrected chi connectivity index (χ0v) is 17.8. The molecule has 0 heterocycles. The quantitative estimate of drug-likeness (QED) is 0.731. The highest BCUT2D eigenvalue weighted by Gasteiger charge is 2.32. The van der Waals surface area contributed by atoms with Crippen molar-refractivity contribution < 1.29 is 17.9 Å². The van der Waals surface area contributed by atoms with Gasteiger partial charge in [0.25, 0.3) is 0 Å². The molecular formula is C21H28N2O4S. The maximum absolute atomic E-state index is 13.0. The van der Waals surface area contributed by atoms with Crippen molar-refractivity contribution in [3.05, 3.63) is 59.7 Å². The minimum absolute atomic E-state index is 0.271. The lowest BCUT2D eigenvalue weighted by atomic mass is 10.1. The fraction of sp³-hybridized carbons (Fsp3) is 0.381. The summed E-state index contributed by atoms with van der Waals surface area (Å²) in [5, 5.41) is 2.93. The van der Waals surface area contributed by atoms with Gasteiger partial charge in [-0.05, 0) is 50.1 Å². The van der Waals surface area contributed by atoms with Gasteiger partial charge in [0.1, 0.15) is 11.8 Å². The summed E-state index contributed by atoms with van der Waals surface area (Å²) >= 11 is 0. The Morgan fingerprint density at radius 3 is 2.14 bits per heavy atom. The molecule has 2 aromatic carbocycles. The van der Waals surface area contributed by atoms with Gasteiger partial charge < -0.3 is 10.1 Å². The van der Waals surface area contributed by atoms with Crippen molar-refractivity contribution in [3.8, 4) is 5.75 Å². The molecule has 0 aromatic heterocycles. The van der Waals surface area contributed by atoms with E-state index in [1.807, 2.05) is 50.2 Å². The molecule has 0 spiro atoms. The van der Waals surface area contributed by atoms with Crippen LogP contribution in [-0.4, -0.2) is 33.7 Å². The zero-order chi connectivity index (χ0) is 20.9. The molecule has 6 nitrogen and oxygen atoms in total. The molecule has 2 rings (SSSR count). The van der Waals surface area contributed by atoms with Crippen LogP contribution in [0.4, 0.5) is 5.69 Å². The first-order valence-electron chi connectivity index (χ1n) is 9.17. The van der Waals surface area contributed by atoms with Crippen LogP contribution in [0, 0.1) is 6.92 Å². The summed E-state index contributed by atoms with van der Waals surface area (Å²) in [6.45, 7) is 5.59. The minimum Gasteiger partial charge on any atom is -0.497 e. The number of carbonyl (C=O) groups is 1. The van der Waals surface area contributed by atoms with Crippen LogP contribution in [0.2, 0.25) is 0 Å². The van der Waals surface area contributed by atoms with Crippen LogP contribution < -0.4 is 14.4 Å². The SMILES string of the molecule is CC[C@H](C(=O)N[C@@H](C)c1ccc(OC)cc1)N(c1ccc(C)cc1)S(C)(=O)=O. The smallest absolute Gasteiger partial charge is 0.244 e. The molecule has 1 N–H and O–H groups in total. The molecule has 0 saturated carbocycles. The van der Waals surface area contributed by atoms with Crippen LogP contribution in [0.5, 0.6) is 5.75 Å². The van der Waals surface area contributed by atoms with Gasteiger partial charge in [-0.15, -0.1) is 0 Å². The van der Waals surface area contributed by atoms with Crippen LogP contribution >= 0.6 is 0 Å². The third-order valence-corrected chi connectivity index (χ3v) is 5.77. The summed E-state index contributed by atoms with van der Waals surface area (Å²) in [5.41, 5.74) is 2.40. The van der Waals surface area contributed by atoms with Crippen molar-refractivity contribution in [2.24, 2.45) is 0 Å². The number of methoxy groups -OCH3 is 1. The number of benzene rings is 2. The molecule has 2 atom stereocenters. The lowest BCUT2D eigenvalue weighted by Crippen LogP contribution is -2.49. The molecule has 0 aliphatic rings. The number of aryl methyl sites for hydroxylation is 1. The highest BCUT2D eigenvalue weighted by Crippen LogP contribution is 2.24. The third kappa shape index (κ3) is 5.25. The van der Waals surface area contributed by atoms with Gasteiger partial charge in [-0.25, -0.2) is 8.42 Å². The van der Waals surface area contributed by atoms with E-state index in [1.165, 1.54) is 4.31 Å². The van der Waals surface area contributed by atoms with E-state index in [0.29, 0.717) is 12.1 Å². The van der Waals surface area contributed by atoms with E-state index in [1.54, 1.807) is 26.2 Å². The Morgan fingerprint density at radius 1 is 1.11 bits per heavy atom. The normalized spacial score (nSPS) is 13.5. The number of carbonyl (C=O) groups excluding carboxylic acids is 1. The number of hydrogen-bond donors (Lipinski definition) is 1. The van der Waals surface area contributed by atoms with E-state index < -0.39 is 16.1 Å². The van der Waals surface area contributed by atoms with Crippen molar-refractivity contribution in [1.29, 1.82) is 0 Å². The standard InChI is InChI=1S/C21H28N2O4S/c1-6-20(23(28(5,25)26)18-11-7-15(2)8-12-18)21(24)22-16(3)17-9-13-19(27-4)14-10-17/h7-14,16,20H,6H2,1-5H3,(H,22,24)/t16-,20+/m0/s1. The Labute approximate surface area is 167 Å². The van der Waals surface area contributed by atoms with Crippen molar-refractivity contribution >= 4 is 21.6 Å². The maximum atomic E-state index is 13.0. The summed E-state index contributed by atoms with van der Waals surface area (Å²) in [5.74, 6) is 0.396. The zero-order valence-electron chi connectivity index (χ0n) is 17.0. The maximum Gasteiger partial charge on any atom is 0.244 e. The van der Waals surface area contributed by atoms with Gasteiger partial charge in [0.2, 0.25) is 15.9 Å². The number of ether oxygens (including phenoxy) is 1. The number of nitrogens with zero attached hydrogens (tertiary/aromatic N) is 1. The van der Waals surface area contributed by atoms with E-state index in [0.717, 1.165) is 23.1 Å². The number of amides is 1. The molecule has 0 bridgehead atoms. The second-order valence-corrected chi connectivity index (χ2v) is 8.68. The van der Waals surface area contributed by atoms with Crippen LogP contribution in [0.1, 0.15) is 37.4 Å². The van der Waals surface area contributed by atoms with Crippen molar-refractivity contribution in [1.82, 2.24) is 5.32 Å². The number of sulfonamides is 1. The summed E-state index contributed by atoms with van der Waals surface area (Å²) in [4.78, 5) is 13.0. The Hall–Kier alpha value is -2.54. The Morgan fingerprint density at radius 2 is 1.68 bits per heavy atom. The van der Waals surface area contributed by atoms with Gasteiger partial charge in [-0.2, -0.15) is 0 Å². The molecule has 1 amide bonds. The first-order valence-corrected chi connectivity index (χ1v) is 11.0. The number of hydrogen-bond acceptors (Lipinski definition) is 4. The summed E-state index contributed by atoms with van der Waals surface area (Å²) in [6, 6.07) is 13.4. The van der Waals surface area contributed by atoms with Gasteiger partial charge in [-0.3, -0.25) is 9.10 Å². The number of nitrogens with one attached hydrogen (secondary N) is 1. The van der Waals surface area contributed by atoms with E-state index in [4.69, 9.17) is 4.74 Å². The van der Waals surface area contributed by atoms with Crippen molar-refractivity contribution in [3.63, 3.8) is 0 Å². The van der Waals surface area contributed by atoms with Crippen molar-refractivity contribution in [2.45, 2.75) is 39.3 Å². The van der Waals surface area contributed by atoms with Gasteiger partial charge in [0, 0.05) is 0 Å². The molecule has 0 unspecified atom stereocenters. The van der Waals surface area contributed by atoms with E-state index in [9.17, 15) is 13.2 Å². The van der Waals surface area contributed by atoms with Crippen LogP contribution in [-0.2, 0) is 14.8 Å². The van der Waals surface area contributed by atoms with Crippen molar-refractivity contribution in [2.75, 3.05) is 17.7 Å². The summed E-state index contributed by atoms with van der Waals surface area (Å²) < 4.78 is 31.3. The number of anilines is 1. The van der Waals surface area contributed by atoms with Crippen LogP contribution in [0.3, 0.4) is 0 Å². The van der Waals surface area contributed by atoms with Gasteiger partial charge in [-0.1, -0.05) is 36.8 Å². The molecule has 0 fully saturated rings.